The quantitative estimate of drug-likeness (QED) is 0.744. The Labute approximate surface area is 85.6 Å². The van der Waals surface area contributed by atoms with E-state index in [1.54, 1.807) is 0 Å². The molecule has 2 heteroatoms. The molecule has 0 fully saturated rings. The first-order valence-electron chi connectivity index (χ1n) is 4.91. The van der Waals surface area contributed by atoms with Crippen LogP contribution in [0.4, 0.5) is 0 Å². The van der Waals surface area contributed by atoms with Crippen molar-refractivity contribution >= 4 is 0 Å². The summed E-state index contributed by atoms with van der Waals surface area (Å²) in [6.07, 6.45) is 2.63. The summed E-state index contributed by atoms with van der Waals surface area (Å²) in [6, 6.07) is 10.4. The van der Waals surface area contributed by atoms with E-state index in [1.165, 1.54) is 5.56 Å². The summed E-state index contributed by atoms with van der Waals surface area (Å²) in [6.45, 7) is 3.66. The smallest absolute Gasteiger partial charge is 0.00830 e. The minimum atomic E-state index is 0.178. The van der Waals surface area contributed by atoms with Crippen LogP contribution in [-0.4, -0.2) is 6.04 Å². The second-order valence-corrected chi connectivity index (χ2v) is 3.65. The van der Waals surface area contributed by atoms with Crippen LogP contribution in [-0.2, 0) is 6.42 Å². The van der Waals surface area contributed by atoms with Gasteiger partial charge in [0.25, 0.3) is 0 Å². The average molecular weight is 190 g/mol. The van der Waals surface area contributed by atoms with Gasteiger partial charge >= 0.3 is 0 Å². The van der Waals surface area contributed by atoms with E-state index in [4.69, 9.17) is 11.5 Å². The van der Waals surface area contributed by atoms with Gasteiger partial charge < -0.3 is 11.5 Å². The molecule has 0 aliphatic heterocycles. The molecule has 1 rings (SSSR count). The normalized spacial score (nSPS) is 12.4. The van der Waals surface area contributed by atoms with Crippen LogP contribution in [0, 0.1) is 0 Å². The van der Waals surface area contributed by atoms with Gasteiger partial charge in [0.15, 0.2) is 0 Å². The van der Waals surface area contributed by atoms with E-state index in [-0.39, 0.29) is 6.04 Å². The summed E-state index contributed by atoms with van der Waals surface area (Å²) >= 11 is 0. The first-order chi connectivity index (χ1) is 6.68. The number of allylic oxidation sites excluding steroid dienone is 1. The zero-order chi connectivity index (χ0) is 10.4. The zero-order valence-electron chi connectivity index (χ0n) is 8.45. The molecule has 0 unspecified atom stereocenters. The second-order valence-electron chi connectivity index (χ2n) is 3.65. The summed E-state index contributed by atoms with van der Waals surface area (Å²) in [4.78, 5) is 0. The Hall–Kier alpha value is -1.28. The molecule has 0 amide bonds. The van der Waals surface area contributed by atoms with Crippen molar-refractivity contribution in [1.29, 1.82) is 0 Å². The van der Waals surface area contributed by atoms with Gasteiger partial charge in [0.1, 0.15) is 0 Å². The Morgan fingerprint density at radius 1 is 1.29 bits per heavy atom. The van der Waals surface area contributed by atoms with Crippen LogP contribution in [0.2, 0.25) is 0 Å². The molecule has 2 nitrogen and oxygen atoms in total. The third-order valence-corrected chi connectivity index (χ3v) is 2.18. The van der Waals surface area contributed by atoms with Gasteiger partial charge in [0, 0.05) is 11.7 Å². The van der Waals surface area contributed by atoms with Gasteiger partial charge in [-0.05, 0) is 24.8 Å². The molecule has 0 spiro atoms. The molecule has 0 saturated carbocycles. The minimum absolute atomic E-state index is 0.178. The van der Waals surface area contributed by atoms with Crippen molar-refractivity contribution in [3.8, 4) is 0 Å². The Morgan fingerprint density at radius 2 is 1.93 bits per heavy atom. The minimum Gasteiger partial charge on any atom is -0.403 e. The molecule has 0 bridgehead atoms. The first-order valence-corrected chi connectivity index (χ1v) is 4.91. The molecule has 4 N–H and O–H groups in total. The topological polar surface area (TPSA) is 52.0 Å². The summed E-state index contributed by atoms with van der Waals surface area (Å²) in [5, 5.41) is 0. The maximum absolute atomic E-state index is 5.96. The largest absolute Gasteiger partial charge is 0.403 e. The highest BCUT2D eigenvalue weighted by Gasteiger charge is 2.03. The standard InChI is InChI=1S/C12H18N2/c1-10(13)7-8-12(14)9-11-5-3-2-4-6-11/h2-6,12H,1,7-9,13-14H2/t12-/m0/s1. The van der Waals surface area contributed by atoms with E-state index < -0.39 is 0 Å². The van der Waals surface area contributed by atoms with Gasteiger partial charge in [-0.1, -0.05) is 36.9 Å². The Kier molecular flexibility index (Phi) is 4.20. The number of rotatable bonds is 5. The monoisotopic (exact) mass is 190 g/mol. The summed E-state index contributed by atoms with van der Waals surface area (Å²) in [5.74, 6) is 0. The fraction of sp³-hybridized carbons (Fsp3) is 0.333. The van der Waals surface area contributed by atoms with Crippen LogP contribution in [0.3, 0.4) is 0 Å². The van der Waals surface area contributed by atoms with Crippen molar-refractivity contribution in [2.45, 2.75) is 25.3 Å². The lowest BCUT2D eigenvalue weighted by molar-refractivity contribution is 0.607. The summed E-state index contributed by atoms with van der Waals surface area (Å²) < 4.78 is 0. The van der Waals surface area contributed by atoms with Gasteiger partial charge in [-0.15, -0.1) is 0 Å². The lowest BCUT2D eigenvalue weighted by Gasteiger charge is -2.11. The molecular formula is C12H18N2. The van der Waals surface area contributed by atoms with Crippen LogP contribution in [0.1, 0.15) is 18.4 Å². The highest BCUT2D eigenvalue weighted by molar-refractivity contribution is 5.15. The fourth-order valence-electron chi connectivity index (χ4n) is 1.39. The number of benzene rings is 1. The number of hydrogen-bond donors (Lipinski definition) is 2. The first kappa shape index (κ1) is 10.8. The van der Waals surface area contributed by atoms with Crippen molar-refractivity contribution in [2.75, 3.05) is 0 Å². The Bertz CT molecular complexity index is 280. The maximum Gasteiger partial charge on any atom is 0.00830 e. The van der Waals surface area contributed by atoms with Crippen LogP contribution >= 0.6 is 0 Å². The number of hydrogen-bond acceptors (Lipinski definition) is 2. The summed E-state index contributed by atoms with van der Waals surface area (Å²) in [5.41, 5.74) is 13.4. The Balaban J connectivity index is 2.34. The molecule has 0 aromatic heterocycles. The van der Waals surface area contributed by atoms with Crippen molar-refractivity contribution in [2.24, 2.45) is 11.5 Å². The molecule has 1 atom stereocenters. The third kappa shape index (κ3) is 4.10. The average Bonchev–Trinajstić information content (AvgIpc) is 2.16. The van der Waals surface area contributed by atoms with Gasteiger partial charge in [-0.25, -0.2) is 0 Å². The van der Waals surface area contributed by atoms with Crippen molar-refractivity contribution in [3.63, 3.8) is 0 Å². The molecule has 76 valence electrons. The predicted molar refractivity (Wildman–Crippen MR) is 60.7 cm³/mol. The molecule has 0 radical (unpaired) electrons. The molecule has 0 aliphatic rings. The lowest BCUT2D eigenvalue weighted by atomic mass is 10.0. The van der Waals surface area contributed by atoms with Gasteiger partial charge in [-0.3, -0.25) is 0 Å². The molecule has 0 saturated heterocycles. The predicted octanol–water partition coefficient (Wildman–Crippen LogP) is 1.81. The third-order valence-electron chi connectivity index (χ3n) is 2.18. The van der Waals surface area contributed by atoms with E-state index in [1.807, 2.05) is 18.2 Å². The SMILES string of the molecule is C=C(N)CC[C@H](N)Cc1ccccc1. The van der Waals surface area contributed by atoms with E-state index in [2.05, 4.69) is 18.7 Å². The van der Waals surface area contributed by atoms with Crippen LogP contribution in [0.15, 0.2) is 42.6 Å². The lowest BCUT2D eigenvalue weighted by Crippen LogP contribution is -2.23. The van der Waals surface area contributed by atoms with E-state index in [0.29, 0.717) is 5.70 Å². The van der Waals surface area contributed by atoms with Crippen LogP contribution in [0.25, 0.3) is 0 Å². The fourth-order valence-corrected chi connectivity index (χ4v) is 1.39. The van der Waals surface area contributed by atoms with E-state index in [9.17, 15) is 0 Å². The summed E-state index contributed by atoms with van der Waals surface area (Å²) in [7, 11) is 0. The van der Waals surface area contributed by atoms with Gasteiger partial charge in [0.05, 0.1) is 0 Å². The zero-order valence-corrected chi connectivity index (χ0v) is 8.45. The van der Waals surface area contributed by atoms with E-state index in [0.717, 1.165) is 19.3 Å². The van der Waals surface area contributed by atoms with Crippen molar-refractivity contribution in [3.05, 3.63) is 48.2 Å². The number of nitrogens with two attached hydrogens (primary N) is 2. The van der Waals surface area contributed by atoms with Crippen LogP contribution in [0.5, 0.6) is 0 Å². The Morgan fingerprint density at radius 3 is 2.50 bits per heavy atom. The van der Waals surface area contributed by atoms with Crippen molar-refractivity contribution < 1.29 is 0 Å². The second kappa shape index (κ2) is 5.45. The molecule has 0 heterocycles. The van der Waals surface area contributed by atoms with Gasteiger partial charge in [-0.2, -0.15) is 0 Å². The molecule has 1 aromatic rings. The van der Waals surface area contributed by atoms with Crippen LogP contribution < -0.4 is 11.5 Å². The molecular weight excluding hydrogens is 172 g/mol. The van der Waals surface area contributed by atoms with Gasteiger partial charge in [0.2, 0.25) is 0 Å². The molecule has 0 aliphatic carbocycles. The highest BCUT2D eigenvalue weighted by Crippen LogP contribution is 2.06. The maximum atomic E-state index is 5.96. The van der Waals surface area contributed by atoms with E-state index >= 15 is 0 Å². The molecule has 1 aromatic carbocycles. The highest BCUT2D eigenvalue weighted by atomic mass is 14.6. The molecule has 14 heavy (non-hydrogen) atoms. The van der Waals surface area contributed by atoms with Crippen molar-refractivity contribution in [1.82, 2.24) is 0 Å².